The number of methoxy groups -OCH3 is 1. The normalized spacial score (nSPS) is 11.1. The topological polar surface area (TPSA) is 75.7 Å². The van der Waals surface area contributed by atoms with Gasteiger partial charge in [-0.15, -0.1) is 0 Å². The highest BCUT2D eigenvalue weighted by atomic mass is 32.2. The predicted octanol–water partition coefficient (Wildman–Crippen LogP) is 4.39. The Kier molecular flexibility index (Phi) is 6.12. The zero-order chi connectivity index (χ0) is 21.9. The second-order valence-corrected chi connectivity index (χ2v) is 8.93. The molecule has 0 heterocycles. The Bertz CT molecular complexity index is 1170. The van der Waals surface area contributed by atoms with Crippen LogP contribution in [0.2, 0.25) is 0 Å². The standard InChI is InChI=1S/C23H24N2O4S/c1-16-9-12-18(13-10-16)30(27,28)25(3)21-8-6-5-7-19(21)23(26)24-20-15-17(2)11-14-22(20)29-4/h5-15H,1-4H3,(H,24,26). The second-order valence-electron chi connectivity index (χ2n) is 6.96. The van der Waals surface area contributed by atoms with Crippen molar-refractivity contribution in [3.63, 3.8) is 0 Å². The van der Waals surface area contributed by atoms with Gasteiger partial charge >= 0.3 is 0 Å². The maximum atomic E-state index is 13.1. The number of sulfonamides is 1. The van der Waals surface area contributed by atoms with Crippen molar-refractivity contribution in [3.8, 4) is 5.75 Å². The number of para-hydroxylation sites is 1. The third-order valence-corrected chi connectivity index (χ3v) is 6.56. The molecular formula is C23H24N2O4S. The van der Waals surface area contributed by atoms with E-state index in [1.165, 1.54) is 14.2 Å². The summed E-state index contributed by atoms with van der Waals surface area (Å²) >= 11 is 0. The summed E-state index contributed by atoms with van der Waals surface area (Å²) in [6.07, 6.45) is 0. The molecule has 3 aromatic rings. The summed E-state index contributed by atoms with van der Waals surface area (Å²) in [6.45, 7) is 3.80. The molecule has 0 aromatic heterocycles. The van der Waals surface area contributed by atoms with Gasteiger partial charge in [0.1, 0.15) is 5.75 Å². The SMILES string of the molecule is COc1ccc(C)cc1NC(=O)c1ccccc1N(C)S(=O)(=O)c1ccc(C)cc1. The molecule has 0 atom stereocenters. The fraction of sp³-hybridized carbons (Fsp3) is 0.174. The monoisotopic (exact) mass is 424 g/mol. The first kappa shape index (κ1) is 21.4. The average molecular weight is 425 g/mol. The van der Waals surface area contributed by atoms with E-state index in [9.17, 15) is 13.2 Å². The zero-order valence-corrected chi connectivity index (χ0v) is 18.2. The Morgan fingerprint density at radius 1 is 0.933 bits per heavy atom. The molecule has 0 saturated carbocycles. The van der Waals surface area contributed by atoms with Crippen molar-refractivity contribution in [3.05, 3.63) is 83.4 Å². The van der Waals surface area contributed by atoms with Crippen LogP contribution in [0.1, 0.15) is 21.5 Å². The van der Waals surface area contributed by atoms with Gasteiger partial charge in [-0.1, -0.05) is 35.9 Å². The third-order valence-electron chi connectivity index (χ3n) is 4.77. The van der Waals surface area contributed by atoms with Crippen molar-refractivity contribution in [1.29, 1.82) is 0 Å². The van der Waals surface area contributed by atoms with Crippen molar-refractivity contribution in [2.24, 2.45) is 0 Å². The first-order valence-corrected chi connectivity index (χ1v) is 10.8. The van der Waals surface area contributed by atoms with Gasteiger partial charge in [0.2, 0.25) is 0 Å². The molecule has 0 aliphatic heterocycles. The lowest BCUT2D eigenvalue weighted by atomic mass is 10.1. The van der Waals surface area contributed by atoms with E-state index >= 15 is 0 Å². The number of aryl methyl sites for hydroxylation is 2. The van der Waals surface area contributed by atoms with Crippen LogP contribution in [-0.2, 0) is 10.0 Å². The minimum atomic E-state index is -3.83. The summed E-state index contributed by atoms with van der Waals surface area (Å²) in [7, 11) is -0.866. The average Bonchev–Trinajstić information content (AvgIpc) is 2.73. The number of hydrogen-bond donors (Lipinski definition) is 1. The van der Waals surface area contributed by atoms with Crippen molar-refractivity contribution in [2.45, 2.75) is 18.7 Å². The van der Waals surface area contributed by atoms with Gasteiger partial charge in [-0.25, -0.2) is 8.42 Å². The number of nitrogens with zero attached hydrogens (tertiary/aromatic N) is 1. The summed E-state index contributed by atoms with van der Waals surface area (Å²) in [6, 6.07) is 18.6. The molecule has 0 fully saturated rings. The van der Waals surface area contributed by atoms with Gasteiger partial charge in [0.05, 0.1) is 28.9 Å². The minimum Gasteiger partial charge on any atom is -0.495 e. The van der Waals surface area contributed by atoms with Crippen LogP contribution in [0.3, 0.4) is 0 Å². The number of rotatable bonds is 6. The van der Waals surface area contributed by atoms with E-state index in [-0.39, 0.29) is 16.1 Å². The maximum Gasteiger partial charge on any atom is 0.264 e. The molecule has 0 aliphatic carbocycles. The summed E-state index contributed by atoms with van der Waals surface area (Å²) in [4.78, 5) is 13.2. The number of hydrogen-bond acceptors (Lipinski definition) is 4. The van der Waals surface area contributed by atoms with Gasteiger partial charge < -0.3 is 10.1 Å². The third kappa shape index (κ3) is 4.31. The lowest BCUT2D eigenvalue weighted by molar-refractivity contribution is 0.102. The number of carbonyl (C=O) groups excluding carboxylic acids is 1. The van der Waals surface area contributed by atoms with E-state index < -0.39 is 15.9 Å². The molecule has 1 amide bonds. The predicted molar refractivity (Wildman–Crippen MR) is 119 cm³/mol. The molecule has 0 aliphatic rings. The molecular weight excluding hydrogens is 400 g/mol. The molecule has 0 saturated heterocycles. The van der Waals surface area contributed by atoms with E-state index in [2.05, 4.69) is 5.32 Å². The van der Waals surface area contributed by atoms with Crippen molar-refractivity contribution in [1.82, 2.24) is 0 Å². The molecule has 1 N–H and O–H groups in total. The van der Waals surface area contributed by atoms with Crippen LogP contribution >= 0.6 is 0 Å². The number of amides is 1. The first-order valence-electron chi connectivity index (χ1n) is 9.34. The van der Waals surface area contributed by atoms with Crippen LogP contribution in [-0.4, -0.2) is 28.5 Å². The Hall–Kier alpha value is -3.32. The molecule has 156 valence electrons. The lowest BCUT2D eigenvalue weighted by Gasteiger charge is -2.22. The van der Waals surface area contributed by atoms with Crippen molar-refractivity contribution < 1.29 is 17.9 Å². The Morgan fingerprint density at radius 2 is 1.57 bits per heavy atom. The quantitative estimate of drug-likeness (QED) is 0.637. The molecule has 3 aromatic carbocycles. The van der Waals surface area contributed by atoms with Gasteiger partial charge in [0.15, 0.2) is 0 Å². The van der Waals surface area contributed by atoms with Crippen LogP contribution in [0.25, 0.3) is 0 Å². The largest absolute Gasteiger partial charge is 0.495 e. The van der Waals surface area contributed by atoms with Crippen LogP contribution in [0.5, 0.6) is 5.75 Å². The molecule has 6 nitrogen and oxygen atoms in total. The Morgan fingerprint density at radius 3 is 2.23 bits per heavy atom. The highest BCUT2D eigenvalue weighted by molar-refractivity contribution is 7.92. The number of benzene rings is 3. The Balaban J connectivity index is 1.97. The molecule has 30 heavy (non-hydrogen) atoms. The van der Waals surface area contributed by atoms with Crippen LogP contribution in [0.4, 0.5) is 11.4 Å². The summed E-state index contributed by atoms with van der Waals surface area (Å²) in [5.41, 5.74) is 2.95. The number of carbonyl (C=O) groups is 1. The van der Waals surface area contributed by atoms with E-state index in [1.54, 1.807) is 60.7 Å². The van der Waals surface area contributed by atoms with E-state index in [0.717, 1.165) is 15.4 Å². The van der Waals surface area contributed by atoms with E-state index in [0.29, 0.717) is 11.4 Å². The molecule has 0 unspecified atom stereocenters. The Labute approximate surface area is 177 Å². The number of nitrogens with one attached hydrogen (secondary N) is 1. The summed E-state index contributed by atoms with van der Waals surface area (Å²) in [5, 5.41) is 2.83. The van der Waals surface area contributed by atoms with Crippen LogP contribution in [0.15, 0.2) is 71.6 Å². The number of ether oxygens (including phenoxy) is 1. The highest BCUT2D eigenvalue weighted by Gasteiger charge is 2.25. The minimum absolute atomic E-state index is 0.158. The lowest BCUT2D eigenvalue weighted by Crippen LogP contribution is -2.29. The van der Waals surface area contributed by atoms with Crippen molar-refractivity contribution in [2.75, 3.05) is 23.8 Å². The second kappa shape index (κ2) is 8.59. The maximum absolute atomic E-state index is 13.1. The van der Waals surface area contributed by atoms with Crippen molar-refractivity contribution >= 4 is 27.3 Å². The summed E-state index contributed by atoms with van der Waals surface area (Å²) in [5.74, 6) is 0.0903. The zero-order valence-electron chi connectivity index (χ0n) is 17.3. The van der Waals surface area contributed by atoms with Crippen LogP contribution < -0.4 is 14.4 Å². The molecule has 3 rings (SSSR count). The highest BCUT2D eigenvalue weighted by Crippen LogP contribution is 2.29. The van der Waals surface area contributed by atoms with Gasteiger partial charge in [0, 0.05) is 7.05 Å². The summed E-state index contributed by atoms with van der Waals surface area (Å²) < 4.78 is 32.6. The molecule has 7 heteroatoms. The fourth-order valence-electron chi connectivity index (χ4n) is 3.05. The first-order chi connectivity index (χ1) is 14.2. The van der Waals surface area contributed by atoms with E-state index in [4.69, 9.17) is 4.74 Å². The smallest absolute Gasteiger partial charge is 0.264 e. The molecule has 0 bridgehead atoms. The molecule has 0 radical (unpaired) electrons. The van der Waals surface area contributed by atoms with Crippen LogP contribution in [0, 0.1) is 13.8 Å². The van der Waals surface area contributed by atoms with E-state index in [1.807, 2.05) is 19.9 Å². The van der Waals surface area contributed by atoms with Gasteiger partial charge in [-0.3, -0.25) is 9.10 Å². The molecule has 0 spiro atoms. The fourth-order valence-corrected chi connectivity index (χ4v) is 4.26. The van der Waals surface area contributed by atoms with Gasteiger partial charge in [-0.05, 0) is 55.8 Å². The number of anilines is 2. The van der Waals surface area contributed by atoms with Gasteiger partial charge in [0.25, 0.3) is 15.9 Å². The van der Waals surface area contributed by atoms with Gasteiger partial charge in [-0.2, -0.15) is 0 Å².